The van der Waals surface area contributed by atoms with Crippen molar-refractivity contribution in [2.75, 3.05) is 13.1 Å². The Labute approximate surface area is 106 Å². The van der Waals surface area contributed by atoms with Gasteiger partial charge in [0.2, 0.25) is 10.0 Å². The SMILES string of the molecule is CCN(CC)S(=O)(=O)c1cccc(C(=O)Cl)c1. The van der Waals surface area contributed by atoms with Crippen molar-refractivity contribution in [1.29, 1.82) is 0 Å². The van der Waals surface area contributed by atoms with Gasteiger partial charge in [-0.15, -0.1) is 0 Å². The number of sulfonamides is 1. The van der Waals surface area contributed by atoms with E-state index in [9.17, 15) is 13.2 Å². The van der Waals surface area contributed by atoms with Crippen molar-refractivity contribution in [3.63, 3.8) is 0 Å². The molecule has 4 nitrogen and oxygen atoms in total. The molecule has 0 aromatic heterocycles. The second kappa shape index (κ2) is 5.62. The Morgan fingerprint density at radius 3 is 2.35 bits per heavy atom. The molecule has 0 fully saturated rings. The van der Waals surface area contributed by atoms with Crippen molar-refractivity contribution in [1.82, 2.24) is 4.31 Å². The summed E-state index contributed by atoms with van der Waals surface area (Å²) in [7, 11) is -3.53. The highest BCUT2D eigenvalue weighted by molar-refractivity contribution is 7.89. The van der Waals surface area contributed by atoms with E-state index >= 15 is 0 Å². The summed E-state index contributed by atoms with van der Waals surface area (Å²) in [6.07, 6.45) is 0. The maximum atomic E-state index is 12.1. The Balaban J connectivity index is 3.24. The van der Waals surface area contributed by atoms with Gasteiger partial charge >= 0.3 is 0 Å². The number of rotatable bonds is 5. The van der Waals surface area contributed by atoms with E-state index in [4.69, 9.17) is 11.6 Å². The van der Waals surface area contributed by atoms with Gasteiger partial charge in [-0.2, -0.15) is 4.31 Å². The Morgan fingerprint density at radius 2 is 1.88 bits per heavy atom. The third-order valence-corrected chi connectivity index (χ3v) is 4.67. The molecule has 17 heavy (non-hydrogen) atoms. The molecule has 1 rings (SSSR count). The summed E-state index contributed by atoms with van der Waals surface area (Å²) in [6, 6.07) is 5.74. The monoisotopic (exact) mass is 275 g/mol. The average molecular weight is 276 g/mol. The molecule has 0 atom stereocenters. The summed E-state index contributed by atoms with van der Waals surface area (Å²) in [5.41, 5.74) is 0.180. The second-order valence-corrected chi connectivity index (χ2v) is 5.67. The van der Waals surface area contributed by atoms with Crippen LogP contribution in [0.5, 0.6) is 0 Å². The van der Waals surface area contributed by atoms with Crippen LogP contribution in [0.15, 0.2) is 29.2 Å². The number of benzene rings is 1. The van der Waals surface area contributed by atoms with Crippen LogP contribution < -0.4 is 0 Å². The van der Waals surface area contributed by atoms with Crippen LogP contribution in [-0.4, -0.2) is 31.1 Å². The highest BCUT2D eigenvalue weighted by Crippen LogP contribution is 2.17. The van der Waals surface area contributed by atoms with Gasteiger partial charge in [0, 0.05) is 18.7 Å². The number of halogens is 1. The largest absolute Gasteiger partial charge is 0.276 e. The molecule has 94 valence electrons. The fourth-order valence-corrected chi connectivity index (χ4v) is 3.11. The molecule has 0 unspecified atom stereocenters. The predicted octanol–water partition coefficient (Wildman–Crippen LogP) is 2.10. The maximum absolute atomic E-state index is 12.1. The van der Waals surface area contributed by atoms with E-state index in [0.29, 0.717) is 13.1 Å². The predicted molar refractivity (Wildman–Crippen MR) is 66.7 cm³/mol. The van der Waals surface area contributed by atoms with Gasteiger partial charge in [-0.3, -0.25) is 4.79 Å². The molecule has 0 bridgehead atoms. The summed E-state index contributed by atoms with van der Waals surface area (Å²) in [5, 5.41) is -0.665. The van der Waals surface area contributed by atoms with E-state index in [-0.39, 0.29) is 10.5 Å². The van der Waals surface area contributed by atoms with Gasteiger partial charge < -0.3 is 0 Å². The van der Waals surface area contributed by atoms with Crippen molar-refractivity contribution in [3.05, 3.63) is 29.8 Å². The normalized spacial score (nSPS) is 11.8. The Bertz CT molecular complexity index is 509. The van der Waals surface area contributed by atoms with Gasteiger partial charge in [-0.25, -0.2) is 8.42 Å². The Morgan fingerprint density at radius 1 is 1.29 bits per heavy atom. The molecule has 0 saturated heterocycles. The zero-order valence-corrected chi connectivity index (χ0v) is 11.3. The van der Waals surface area contributed by atoms with Crippen LogP contribution in [0.3, 0.4) is 0 Å². The van der Waals surface area contributed by atoms with E-state index in [1.165, 1.54) is 28.6 Å². The van der Waals surface area contributed by atoms with Gasteiger partial charge in [0.05, 0.1) is 4.90 Å². The molecule has 0 spiro atoms. The first-order chi connectivity index (χ1) is 7.93. The van der Waals surface area contributed by atoms with Crippen molar-refractivity contribution >= 4 is 26.9 Å². The van der Waals surface area contributed by atoms with Crippen LogP contribution in [-0.2, 0) is 10.0 Å². The molecule has 0 aliphatic heterocycles. The van der Waals surface area contributed by atoms with Crippen molar-refractivity contribution in [3.8, 4) is 0 Å². The van der Waals surface area contributed by atoms with E-state index in [1.807, 2.05) is 0 Å². The molecule has 0 N–H and O–H groups in total. The summed E-state index contributed by atoms with van der Waals surface area (Å²) in [6.45, 7) is 4.30. The molecular weight excluding hydrogens is 262 g/mol. The van der Waals surface area contributed by atoms with Gasteiger partial charge in [-0.1, -0.05) is 26.0 Å². The van der Waals surface area contributed by atoms with Crippen molar-refractivity contribution in [2.24, 2.45) is 0 Å². The van der Waals surface area contributed by atoms with E-state index in [0.717, 1.165) is 0 Å². The lowest BCUT2D eigenvalue weighted by Gasteiger charge is -2.18. The fraction of sp³-hybridized carbons (Fsp3) is 0.364. The highest BCUT2D eigenvalue weighted by atomic mass is 35.5. The zero-order valence-electron chi connectivity index (χ0n) is 9.68. The molecule has 0 aliphatic carbocycles. The molecule has 0 saturated carbocycles. The van der Waals surface area contributed by atoms with Gasteiger partial charge in [0.1, 0.15) is 0 Å². The zero-order chi connectivity index (χ0) is 13.1. The summed E-state index contributed by atoms with van der Waals surface area (Å²) < 4.78 is 25.6. The van der Waals surface area contributed by atoms with Crippen LogP contribution in [0.4, 0.5) is 0 Å². The number of hydrogen-bond donors (Lipinski definition) is 0. The second-order valence-electron chi connectivity index (χ2n) is 3.39. The maximum Gasteiger partial charge on any atom is 0.252 e. The summed E-state index contributed by atoms with van der Waals surface area (Å²) in [5.74, 6) is 0. The van der Waals surface area contributed by atoms with Gasteiger partial charge in [-0.05, 0) is 23.7 Å². The van der Waals surface area contributed by atoms with E-state index in [1.54, 1.807) is 13.8 Å². The van der Waals surface area contributed by atoms with Crippen LogP contribution >= 0.6 is 11.6 Å². The number of hydrogen-bond acceptors (Lipinski definition) is 3. The summed E-state index contributed by atoms with van der Waals surface area (Å²) >= 11 is 5.33. The van der Waals surface area contributed by atoms with Crippen LogP contribution in [0.2, 0.25) is 0 Å². The molecule has 6 heteroatoms. The number of nitrogens with zero attached hydrogens (tertiary/aromatic N) is 1. The van der Waals surface area contributed by atoms with Crippen LogP contribution in [0.1, 0.15) is 24.2 Å². The first-order valence-corrected chi connectivity index (χ1v) is 7.05. The third kappa shape index (κ3) is 3.06. The smallest absolute Gasteiger partial charge is 0.252 e. The molecule has 0 heterocycles. The molecule has 1 aromatic rings. The molecule has 1 aromatic carbocycles. The first kappa shape index (κ1) is 14.2. The fourth-order valence-electron chi connectivity index (χ4n) is 1.49. The summed E-state index contributed by atoms with van der Waals surface area (Å²) in [4.78, 5) is 11.1. The molecular formula is C11H14ClNO3S. The molecule has 0 amide bonds. The Kier molecular flexibility index (Phi) is 4.68. The van der Waals surface area contributed by atoms with E-state index < -0.39 is 15.3 Å². The quantitative estimate of drug-likeness (QED) is 0.773. The number of carbonyl (C=O) groups is 1. The highest BCUT2D eigenvalue weighted by Gasteiger charge is 2.22. The number of carbonyl (C=O) groups excluding carboxylic acids is 1. The van der Waals surface area contributed by atoms with Crippen molar-refractivity contribution in [2.45, 2.75) is 18.7 Å². The minimum Gasteiger partial charge on any atom is -0.276 e. The topological polar surface area (TPSA) is 54.5 Å². The third-order valence-electron chi connectivity index (χ3n) is 2.40. The first-order valence-electron chi connectivity index (χ1n) is 5.23. The lowest BCUT2D eigenvalue weighted by atomic mass is 10.2. The average Bonchev–Trinajstić information content (AvgIpc) is 2.30. The Hall–Kier alpha value is -0.910. The standard InChI is InChI=1S/C11H14ClNO3S/c1-3-13(4-2)17(15,16)10-7-5-6-9(8-10)11(12)14/h5-8H,3-4H2,1-2H3. The lowest BCUT2D eigenvalue weighted by molar-refractivity contribution is 0.108. The van der Waals surface area contributed by atoms with Crippen molar-refractivity contribution < 1.29 is 13.2 Å². The van der Waals surface area contributed by atoms with Gasteiger partial charge in [0.25, 0.3) is 5.24 Å². The molecule has 0 aliphatic rings. The van der Waals surface area contributed by atoms with E-state index in [2.05, 4.69) is 0 Å². The van der Waals surface area contributed by atoms with Gasteiger partial charge in [0.15, 0.2) is 0 Å². The van der Waals surface area contributed by atoms with Crippen LogP contribution in [0, 0.1) is 0 Å². The minimum atomic E-state index is -3.53. The van der Waals surface area contributed by atoms with Crippen LogP contribution in [0.25, 0.3) is 0 Å². The molecule has 0 radical (unpaired) electrons. The lowest BCUT2D eigenvalue weighted by Crippen LogP contribution is -2.30. The minimum absolute atomic E-state index is 0.0905.